The number of aliphatic carboxylic acids is 1. The molecule has 18 unspecified atom stereocenters. The summed E-state index contributed by atoms with van der Waals surface area (Å²) in [5.41, 5.74) is 0. The van der Waals surface area contributed by atoms with Crippen molar-refractivity contribution in [3.8, 4) is 0 Å². The molecule has 0 aromatic rings. The summed E-state index contributed by atoms with van der Waals surface area (Å²) < 4.78 is 34.9. The first-order valence-electron chi connectivity index (χ1n) is 40.2. The maximum absolute atomic E-state index is 13.5. The third-order valence-electron chi connectivity index (χ3n) is 20.4. The number of aliphatic hydroxyl groups excluding tert-OH is 11. The highest BCUT2D eigenvalue weighted by Crippen LogP contribution is 2.39. The van der Waals surface area contributed by atoms with Crippen molar-refractivity contribution in [2.24, 2.45) is 0 Å². The van der Waals surface area contributed by atoms with Gasteiger partial charge in [0, 0.05) is 19.8 Å². The summed E-state index contributed by atoms with van der Waals surface area (Å²) in [7, 11) is 0. The molecule has 0 radical (unpaired) electrons. The fourth-order valence-electron chi connectivity index (χ4n) is 14.0. The second-order valence-electron chi connectivity index (χ2n) is 29.3. The molecule has 101 heavy (non-hydrogen) atoms. The number of rotatable bonds is 63. The summed E-state index contributed by atoms with van der Waals surface area (Å²) in [5, 5.41) is 136. The van der Waals surface area contributed by atoms with Crippen molar-refractivity contribution in [3.05, 3.63) is 24.3 Å². The van der Waals surface area contributed by atoms with Gasteiger partial charge in [0.1, 0.15) is 67.1 Å². The Morgan fingerprint density at radius 2 is 0.931 bits per heavy atom. The van der Waals surface area contributed by atoms with E-state index in [0.29, 0.717) is 12.8 Å². The van der Waals surface area contributed by atoms with Crippen LogP contribution in [-0.2, 0) is 42.8 Å². The number of amides is 2. The molecule has 14 N–H and O–H groups in total. The van der Waals surface area contributed by atoms with E-state index in [1.54, 1.807) is 6.08 Å². The molecule has 23 nitrogen and oxygen atoms in total. The average Bonchev–Trinajstić information content (AvgIpc) is 0.756. The van der Waals surface area contributed by atoms with E-state index in [9.17, 15) is 75.7 Å². The smallest absolute Gasteiger partial charge is 0.364 e. The molecule has 3 heterocycles. The highest BCUT2D eigenvalue weighted by Gasteiger charge is 2.60. The number of carbonyl (C=O) groups excluding carboxylic acids is 2. The molecule has 0 aliphatic carbocycles. The number of carbonyl (C=O) groups is 3. The number of unbranched alkanes of at least 4 members (excludes halogenated alkanes) is 41. The number of hydrogen-bond acceptors (Lipinski definition) is 20. The lowest BCUT2D eigenvalue weighted by atomic mass is 9.88. The first-order chi connectivity index (χ1) is 48.9. The van der Waals surface area contributed by atoms with E-state index in [4.69, 9.17) is 28.4 Å². The molecule has 18 atom stereocenters. The monoisotopic (exact) mass is 1450 g/mol. The zero-order valence-electron chi connectivity index (χ0n) is 62.5. The summed E-state index contributed by atoms with van der Waals surface area (Å²) in [6.45, 7) is 2.19. The second-order valence-corrected chi connectivity index (χ2v) is 29.3. The zero-order valence-corrected chi connectivity index (χ0v) is 62.5. The zero-order chi connectivity index (χ0) is 73.9. The lowest BCUT2D eigenvalue weighted by Gasteiger charge is -2.50. The Morgan fingerprint density at radius 3 is 1.35 bits per heavy atom. The minimum absolute atomic E-state index is 0.198. The number of carboxylic acid groups (broad SMARTS) is 1. The molecule has 0 saturated carbocycles. The van der Waals surface area contributed by atoms with Crippen LogP contribution in [0.15, 0.2) is 24.3 Å². The number of hydrogen-bond donors (Lipinski definition) is 14. The molecule has 2 amide bonds. The fourth-order valence-corrected chi connectivity index (χ4v) is 14.0. The molecule has 0 aromatic carbocycles. The van der Waals surface area contributed by atoms with Crippen molar-refractivity contribution in [2.45, 2.75) is 426 Å². The van der Waals surface area contributed by atoms with Gasteiger partial charge in [0.2, 0.25) is 11.8 Å². The van der Waals surface area contributed by atoms with Crippen LogP contribution in [0, 0.1) is 0 Å². The molecule has 3 rings (SSSR count). The largest absolute Gasteiger partial charge is 0.477 e. The molecule has 3 aliphatic rings. The van der Waals surface area contributed by atoms with E-state index in [2.05, 4.69) is 36.6 Å². The average molecular weight is 1450 g/mol. The van der Waals surface area contributed by atoms with Crippen molar-refractivity contribution in [1.82, 2.24) is 10.6 Å². The van der Waals surface area contributed by atoms with E-state index in [1.165, 1.54) is 218 Å². The first kappa shape index (κ1) is 92.4. The Bertz CT molecular complexity index is 2110. The number of allylic oxidation sites excluding steroid dienone is 3. The van der Waals surface area contributed by atoms with Gasteiger partial charge in [-0.1, -0.05) is 276 Å². The predicted molar refractivity (Wildman–Crippen MR) is 389 cm³/mol. The summed E-state index contributed by atoms with van der Waals surface area (Å²) in [6.07, 6.45) is 33.5. The van der Waals surface area contributed by atoms with E-state index >= 15 is 0 Å². The van der Waals surface area contributed by atoms with Crippen molar-refractivity contribution < 1.29 is 104 Å². The fraction of sp³-hybridized carbons (Fsp3) is 0.910. The highest BCUT2D eigenvalue weighted by atomic mass is 16.8. The molecular formula is C78H144N2O21. The lowest BCUT2D eigenvalue weighted by Crippen LogP contribution is -2.70. The van der Waals surface area contributed by atoms with Gasteiger partial charge in [-0.25, -0.2) is 4.79 Å². The summed E-state index contributed by atoms with van der Waals surface area (Å²) in [4.78, 5) is 38.7. The standard InChI is InChI=1S/C78H144N2O21/c1-4-6-8-10-12-14-16-18-20-22-24-26-28-30-32-34-36-38-40-42-44-46-48-50-52-65(88)80-59(60(85)51-49-47-45-43-41-39-37-35-33-31-29-27-25-23-21-19-17-15-13-11-9-7-5-2)57-96-75-70(92)69(91)72(64(56-83)98-75)99-76-71(93)74(68(90)63(55-82)97-76)101-78(77(94)95)53-61(86)66(79-58(3)84)73(100-78)67(89)62(87)54-81/h30,32,49,51,59-64,66-76,81-83,85-87,89-93H,4-29,31,33-48,50,52-57H2,1-3H3,(H,79,84)(H,80,88)(H,94,95)/b32-30-,51-49+. The van der Waals surface area contributed by atoms with E-state index in [1.807, 2.05) is 6.08 Å². The van der Waals surface area contributed by atoms with Crippen LogP contribution in [-0.4, -0.2) is 215 Å². The van der Waals surface area contributed by atoms with Crippen LogP contribution < -0.4 is 10.6 Å². The van der Waals surface area contributed by atoms with Crippen molar-refractivity contribution in [1.29, 1.82) is 0 Å². The van der Waals surface area contributed by atoms with Crippen LogP contribution in [0.25, 0.3) is 0 Å². The molecule has 0 bridgehead atoms. The molecule has 3 aliphatic heterocycles. The van der Waals surface area contributed by atoms with Crippen molar-refractivity contribution >= 4 is 17.8 Å². The number of nitrogens with one attached hydrogen (secondary N) is 2. The normalized spacial score (nSPS) is 26.9. The van der Waals surface area contributed by atoms with Crippen molar-refractivity contribution in [3.63, 3.8) is 0 Å². The number of carboxylic acids is 1. The van der Waals surface area contributed by atoms with Crippen LogP contribution >= 0.6 is 0 Å². The van der Waals surface area contributed by atoms with Crippen molar-refractivity contribution in [2.75, 3.05) is 26.4 Å². The molecule has 3 saturated heterocycles. The van der Waals surface area contributed by atoms with Crippen LogP contribution in [0.4, 0.5) is 0 Å². The van der Waals surface area contributed by atoms with Crippen LogP contribution in [0.2, 0.25) is 0 Å². The molecular weight excluding hydrogens is 1300 g/mol. The topological polar surface area (TPSA) is 373 Å². The summed E-state index contributed by atoms with van der Waals surface area (Å²) in [5.74, 6) is -6.14. The Hall–Kier alpha value is -2.79. The number of aliphatic hydroxyl groups is 11. The van der Waals surface area contributed by atoms with Gasteiger partial charge in [0.15, 0.2) is 12.6 Å². The minimum atomic E-state index is -3.08. The van der Waals surface area contributed by atoms with Gasteiger partial charge < -0.3 is 100 Å². The van der Waals surface area contributed by atoms with Gasteiger partial charge >= 0.3 is 5.97 Å². The van der Waals surface area contributed by atoms with Crippen LogP contribution in [0.3, 0.4) is 0 Å². The maximum Gasteiger partial charge on any atom is 0.364 e. The number of ether oxygens (including phenoxy) is 6. The van der Waals surface area contributed by atoms with Gasteiger partial charge in [-0.05, 0) is 44.9 Å². The van der Waals surface area contributed by atoms with Gasteiger partial charge in [0.05, 0.1) is 50.7 Å². The molecule has 23 heteroatoms. The summed E-state index contributed by atoms with van der Waals surface area (Å²) >= 11 is 0. The maximum atomic E-state index is 13.5. The Kier molecular flexibility index (Phi) is 52.5. The van der Waals surface area contributed by atoms with E-state index in [0.717, 1.165) is 58.3 Å². The molecule has 3 fully saturated rings. The van der Waals surface area contributed by atoms with Gasteiger partial charge in [-0.3, -0.25) is 9.59 Å². The summed E-state index contributed by atoms with van der Waals surface area (Å²) in [6, 6.07) is -2.62. The molecule has 0 spiro atoms. The second kappa shape index (κ2) is 57.4. The van der Waals surface area contributed by atoms with Gasteiger partial charge in [-0.2, -0.15) is 0 Å². The van der Waals surface area contributed by atoms with Gasteiger partial charge in [-0.15, -0.1) is 0 Å². The first-order valence-corrected chi connectivity index (χ1v) is 40.2. The SMILES string of the molecule is CCCCCCCCCCCCCC/C=C\CCCCCCCCCCC(=O)NC(COC1OC(CO)C(OC2OC(CO)C(O)C(OC3(C(=O)O)CC(O)C(NC(C)=O)C(C(O)C(O)CO)O3)C2O)C(O)C1O)C(O)/C=C/CCCCCCCCCCCCCCCCCCCCCCC. The molecule has 592 valence electrons. The van der Waals surface area contributed by atoms with Crippen LogP contribution in [0.1, 0.15) is 316 Å². The predicted octanol–water partition coefficient (Wildman–Crippen LogP) is 10.4. The molecule has 0 aromatic heterocycles. The Morgan fingerprint density at radius 1 is 0.515 bits per heavy atom. The minimum Gasteiger partial charge on any atom is -0.477 e. The quantitative estimate of drug-likeness (QED) is 0.0199. The Labute approximate surface area is 606 Å². The third-order valence-corrected chi connectivity index (χ3v) is 20.4. The highest BCUT2D eigenvalue weighted by molar-refractivity contribution is 5.77. The third kappa shape index (κ3) is 38.0. The van der Waals surface area contributed by atoms with E-state index in [-0.39, 0.29) is 12.3 Å². The Balaban J connectivity index is 1.53. The van der Waals surface area contributed by atoms with E-state index < -0.39 is 155 Å². The van der Waals surface area contributed by atoms with Crippen LogP contribution in [0.5, 0.6) is 0 Å². The van der Waals surface area contributed by atoms with Gasteiger partial charge in [0.25, 0.3) is 5.79 Å². The lowest BCUT2D eigenvalue weighted by molar-refractivity contribution is -0.386.